The number of anilines is 2. The van der Waals surface area contributed by atoms with Crippen LogP contribution in [-0.2, 0) is 9.59 Å². The van der Waals surface area contributed by atoms with Gasteiger partial charge in [-0.1, -0.05) is 11.2 Å². The van der Waals surface area contributed by atoms with Gasteiger partial charge in [0.25, 0.3) is 0 Å². The maximum absolute atomic E-state index is 12.4. The Labute approximate surface area is 151 Å². The van der Waals surface area contributed by atoms with Crippen molar-refractivity contribution in [3.8, 4) is 6.07 Å². The van der Waals surface area contributed by atoms with Crippen molar-refractivity contribution >= 4 is 23.3 Å². The molecule has 0 saturated heterocycles. The zero-order valence-electron chi connectivity index (χ0n) is 14.5. The number of hydrogen-bond donors (Lipinski definition) is 2. The summed E-state index contributed by atoms with van der Waals surface area (Å²) < 4.78 is 4.94. The summed E-state index contributed by atoms with van der Waals surface area (Å²) in [5, 5.41) is 18.3. The van der Waals surface area contributed by atoms with Crippen LogP contribution in [0.4, 0.5) is 11.5 Å². The Bertz CT molecular complexity index is 844. The smallest absolute Gasteiger partial charge is 0.228 e. The molecular weight excluding hydrogens is 332 g/mol. The lowest BCUT2D eigenvalue weighted by Gasteiger charge is -2.26. The number of carbonyl (C=O) groups is 2. The molecule has 0 atom stereocenters. The molecule has 0 bridgehead atoms. The minimum Gasteiger partial charge on any atom is -0.360 e. The van der Waals surface area contributed by atoms with Crippen LogP contribution in [0.25, 0.3) is 0 Å². The predicted molar refractivity (Wildman–Crippen MR) is 95.1 cm³/mol. The molecule has 2 aromatic rings. The Balaban J connectivity index is 1.50. The first-order valence-electron chi connectivity index (χ1n) is 8.60. The highest BCUT2D eigenvalue weighted by Crippen LogP contribution is 2.30. The second-order valence-corrected chi connectivity index (χ2v) is 6.54. The summed E-state index contributed by atoms with van der Waals surface area (Å²) in [6, 6.07) is 10.6. The SMILES string of the molecule is Cc1cc(NC(=O)C2CCC(C(=O)Nc3cccc(C#N)c3)CC2)no1. The molecule has 1 aliphatic rings. The molecule has 0 spiro atoms. The first-order chi connectivity index (χ1) is 12.5. The van der Waals surface area contributed by atoms with Gasteiger partial charge in [-0.25, -0.2) is 0 Å². The number of nitriles is 1. The summed E-state index contributed by atoms with van der Waals surface area (Å²) >= 11 is 0. The van der Waals surface area contributed by atoms with Gasteiger partial charge >= 0.3 is 0 Å². The molecular formula is C19H20N4O3. The zero-order valence-corrected chi connectivity index (χ0v) is 14.5. The summed E-state index contributed by atoms with van der Waals surface area (Å²) in [6.45, 7) is 1.76. The quantitative estimate of drug-likeness (QED) is 0.878. The molecule has 26 heavy (non-hydrogen) atoms. The van der Waals surface area contributed by atoms with Crippen LogP contribution in [0, 0.1) is 30.1 Å². The van der Waals surface area contributed by atoms with Gasteiger partial charge in [-0.3, -0.25) is 9.59 Å². The van der Waals surface area contributed by atoms with Crippen LogP contribution >= 0.6 is 0 Å². The maximum Gasteiger partial charge on any atom is 0.228 e. The number of benzene rings is 1. The van der Waals surface area contributed by atoms with Gasteiger partial charge < -0.3 is 15.2 Å². The summed E-state index contributed by atoms with van der Waals surface area (Å²) in [4.78, 5) is 24.7. The largest absolute Gasteiger partial charge is 0.360 e. The van der Waals surface area contributed by atoms with Crippen LogP contribution in [0.2, 0.25) is 0 Å². The lowest BCUT2D eigenvalue weighted by Crippen LogP contribution is -2.32. The van der Waals surface area contributed by atoms with Gasteiger partial charge in [0, 0.05) is 23.6 Å². The first-order valence-corrected chi connectivity index (χ1v) is 8.60. The van der Waals surface area contributed by atoms with Gasteiger partial charge in [0.05, 0.1) is 11.6 Å². The summed E-state index contributed by atoms with van der Waals surface area (Å²) in [7, 11) is 0. The van der Waals surface area contributed by atoms with Gasteiger partial charge in [-0.15, -0.1) is 0 Å². The minimum atomic E-state index is -0.127. The second kappa shape index (κ2) is 7.83. The van der Waals surface area contributed by atoms with E-state index in [-0.39, 0.29) is 23.7 Å². The first kappa shape index (κ1) is 17.7. The highest BCUT2D eigenvalue weighted by atomic mass is 16.5. The third-order valence-electron chi connectivity index (χ3n) is 4.61. The van der Waals surface area contributed by atoms with Gasteiger partial charge in [0.2, 0.25) is 11.8 Å². The number of aromatic nitrogens is 1. The lowest BCUT2D eigenvalue weighted by molar-refractivity contribution is -0.125. The monoisotopic (exact) mass is 352 g/mol. The Morgan fingerprint density at radius 2 is 1.77 bits per heavy atom. The minimum absolute atomic E-state index is 0.0638. The van der Waals surface area contributed by atoms with E-state index in [0.717, 1.165) is 0 Å². The van der Waals surface area contributed by atoms with Crippen molar-refractivity contribution < 1.29 is 14.1 Å². The number of amides is 2. The molecule has 3 rings (SSSR count). The average molecular weight is 352 g/mol. The van der Waals surface area contributed by atoms with Crippen LogP contribution in [0.5, 0.6) is 0 Å². The van der Waals surface area contributed by atoms with Crippen molar-refractivity contribution in [2.75, 3.05) is 10.6 Å². The fraction of sp³-hybridized carbons (Fsp3) is 0.368. The molecule has 7 nitrogen and oxygen atoms in total. The van der Waals surface area contributed by atoms with Crippen LogP contribution in [0.3, 0.4) is 0 Å². The normalized spacial score (nSPS) is 19.4. The lowest BCUT2D eigenvalue weighted by atomic mass is 9.81. The van der Waals surface area contributed by atoms with Crippen molar-refractivity contribution in [3.63, 3.8) is 0 Å². The number of nitrogens with one attached hydrogen (secondary N) is 2. The maximum atomic E-state index is 12.4. The Morgan fingerprint density at radius 3 is 2.35 bits per heavy atom. The van der Waals surface area contributed by atoms with Crippen molar-refractivity contribution in [2.45, 2.75) is 32.6 Å². The van der Waals surface area contributed by atoms with Crippen molar-refractivity contribution in [3.05, 3.63) is 41.7 Å². The molecule has 0 unspecified atom stereocenters. The van der Waals surface area contributed by atoms with Crippen molar-refractivity contribution in [1.82, 2.24) is 5.16 Å². The molecule has 2 amide bonds. The topological polar surface area (TPSA) is 108 Å². The van der Waals surface area contributed by atoms with E-state index in [4.69, 9.17) is 9.78 Å². The van der Waals surface area contributed by atoms with E-state index >= 15 is 0 Å². The average Bonchev–Trinajstić information content (AvgIpc) is 3.06. The number of carbonyl (C=O) groups excluding carboxylic acids is 2. The molecule has 7 heteroatoms. The molecule has 0 radical (unpaired) electrons. The fourth-order valence-electron chi connectivity index (χ4n) is 3.18. The zero-order chi connectivity index (χ0) is 18.5. The number of rotatable bonds is 4. The molecule has 2 N–H and O–H groups in total. The molecule has 1 fully saturated rings. The molecule has 134 valence electrons. The number of aryl methyl sites for hydroxylation is 1. The van der Waals surface area contributed by atoms with Gasteiger partial charge in [-0.2, -0.15) is 5.26 Å². The second-order valence-electron chi connectivity index (χ2n) is 6.54. The third kappa shape index (κ3) is 4.28. The summed E-state index contributed by atoms with van der Waals surface area (Å²) in [6.07, 6.45) is 2.61. The Kier molecular flexibility index (Phi) is 5.32. The van der Waals surface area contributed by atoms with Crippen molar-refractivity contribution in [1.29, 1.82) is 5.26 Å². The van der Waals surface area contributed by atoms with E-state index < -0.39 is 0 Å². The molecule has 1 heterocycles. The number of hydrogen-bond acceptors (Lipinski definition) is 5. The fourth-order valence-corrected chi connectivity index (χ4v) is 3.18. The molecule has 0 aliphatic heterocycles. The molecule has 1 aliphatic carbocycles. The van der Waals surface area contributed by atoms with Crippen LogP contribution in [0.1, 0.15) is 37.0 Å². The van der Waals surface area contributed by atoms with E-state index in [1.54, 1.807) is 37.3 Å². The Hall–Kier alpha value is -3.14. The molecule has 1 aromatic carbocycles. The molecule has 1 saturated carbocycles. The van der Waals surface area contributed by atoms with E-state index in [9.17, 15) is 9.59 Å². The number of nitrogens with zero attached hydrogens (tertiary/aromatic N) is 2. The van der Waals surface area contributed by atoms with E-state index in [2.05, 4.69) is 21.9 Å². The predicted octanol–water partition coefficient (Wildman–Crippen LogP) is 3.24. The Morgan fingerprint density at radius 1 is 1.12 bits per heavy atom. The van der Waals surface area contributed by atoms with Gasteiger partial charge in [-0.05, 0) is 50.8 Å². The summed E-state index contributed by atoms with van der Waals surface area (Å²) in [5.74, 6) is 0.660. The highest BCUT2D eigenvalue weighted by molar-refractivity contribution is 5.94. The van der Waals surface area contributed by atoms with E-state index in [0.29, 0.717) is 48.5 Å². The summed E-state index contributed by atoms with van der Waals surface area (Å²) in [5.41, 5.74) is 1.13. The van der Waals surface area contributed by atoms with Crippen LogP contribution in [-0.4, -0.2) is 17.0 Å². The standard InChI is InChI=1S/C19H20N4O3/c1-12-9-17(23-26-12)22-19(25)15-7-5-14(6-8-15)18(24)21-16-4-2-3-13(10-16)11-20/h2-4,9-10,14-15H,5-8H2,1H3,(H,21,24)(H,22,23,25). The third-order valence-corrected chi connectivity index (χ3v) is 4.61. The molecule has 1 aromatic heterocycles. The van der Waals surface area contributed by atoms with Gasteiger partial charge in [0.1, 0.15) is 5.76 Å². The van der Waals surface area contributed by atoms with Gasteiger partial charge in [0.15, 0.2) is 5.82 Å². The van der Waals surface area contributed by atoms with Crippen molar-refractivity contribution in [2.24, 2.45) is 11.8 Å². The van der Waals surface area contributed by atoms with E-state index in [1.165, 1.54) is 0 Å². The van der Waals surface area contributed by atoms with Crippen LogP contribution in [0.15, 0.2) is 34.9 Å². The van der Waals surface area contributed by atoms with E-state index in [1.807, 2.05) is 0 Å². The highest BCUT2D eigenvalue weighted by Gasteiger charge is 2.30. The van der Waals surface area contributed by atoms with Crippen LogP contribution < -0.4 is 10.6 Å².